The second kappa shape index (κ2) is 6.02. The zero-order chi connectivity index (χ0) is 17.6. The van der Waals surface area contributed by atoms with Crippen molar-refractivity contribution < 1.29 is 4.74 Å². The fourth-order valence-corrected chi connectivity index (χ4v) is 3.15. The summed E-state index contributed by atoms with van der Waals surface area (Å²) in [7, 11) is 1.64. The Morgan fingerprint density at radius 3 is 2.84 bits per heavy atom. The maximum absolute atomic E-state index is 6.05. The number of H-pyrrole nitrogens is 1. The van der Waals surface area contributed by atoms with Gasteiger partial charge in [0.2, 0.25) is 0 Å². The molecule has 0 aliphatic rings. The van der Waals surface area contributed by atoms with Gasteiger partial charge in [-0.1, -0.05) is 11.6 Å². The Labute approximate surface area is 153 Å². The van der Waals surface area contributed by atoms with Crippen molar-refractivity contribution in [1.29, 1.82) is 0 Å². The number of benzene rings is 1. The highest BCUT2D eigenvalue weighted by atomic mass is 35.5. The quantitative estimate of drug-likeness (QED) is 0.548. The second-order valence-corrected chi connectivity index (χ2v) is 6.40. The van der Waals surface area contributed by atoms with Crippen LogP contribution >= 0.6 is 23.8 Å². The number of imidazole rings is 1. The zero-order valence-corrected chi connectivity index (χ0v) is 15.1. The molecule has 0 aliphatic carbocycles. The van der Waals surface area contributed by atoms with Gasteiger partial charge < -0.3 is 9.14 Å². The number of hydrogen-bond acceptors (Lipinski definition) is 4. The van der Waals surface area contributed by atoms with Crippen LogP contribution in [0, 0.1) is 11.7 Å². The van der Waals surface area contributed by atoms with Crippen LogP contribution in [0.1, 0.15) is 5.56 Å². The van der Waals surface area contributed by atoms with Gasteiger partial charge in [-0.2, -0.15) is 5.10 Å². The lowest BCUT2D eigenvalue weighted by Crippen LogP contribution is -2.01. The minimum atomic E-state index is 0.498. The van der Waals surface area contributed by atoms with Crippen molar-refractivity contribution in [3.05, 3.63) is 58.1 Å². The summed E-state index contributed by atoms with van der Waals surface area (Å²) < 4.78 is 9.54. The van der Waals surface area contributed by atoms with Crippen molar-refractivity contribution in [2.24, 2.45) is 0 Å². The molecule has 0 bridgehead atoms. The normalized spacial score (nSPS) is 11.2. The van der Waals surface area contributed by atoms with Crippen LogP contribution in [0.4, 0.5) is 0 Å². The maximum Gasteiger partial charge on any atom is 0.200 e. The molecular weight excluding hydrogens is 358 g/mol. The third-order valence-corrected chi connectivity index (χ3v) is 4.48. The molecule has 8 heteroatoms. The Balaban J connectivity index is 1.91. The fraction of sp³-hybridized carbons (Fsp3) is 0.118. The molecule has 4 aromatic rings. The summed E-state index contributed by atoms with van der Waals surface area (Å²) in [6.07, 6.45) is 3.75. The Kier molecular flexibility index (Phi) is 3.82. The van der Waals surface area contributed by atoms with Gasteiger partial charge in [0.1, 0.15) is 17.1 Å². The summed E-state index contributed by atoms with van der Waals surface area (Å²) in [4.78, 5) is 4.61. The second-order valence-electron chi connectivity index (χ2n) is 5.58. The first-order valence-corrected chi connectivity index (χ1v) is 8.32. The van der Waals surface area contributed by atoms with Gasteiger partial charge in [0.15, 0.2) is 10.6 Å². The number of fused-ring (bicyclic) bond motifs is 1. The van der Waals surface area contributed by atoms with Crippen LogP contribution in [0.5, 0.6) is 5.75 Å². The van der Waals surface area contributed by atoms with E-state index in [2.05, 4.69) is 15.2 Å². The van der Waals surface area contributed by atoms with Gasteiger partial charge in [-0.25, -0.2) is 4.98 Å². The molecule has 0 fully saturated rings. The molecule has 1 N–H and O–H groups in total. The first kappa shape index (κ1) is 15.9. The summed E-state index contributed by atoms with van der Waals surface area (Å²) >= 11 is 11.5. The molecule has 0 spiro atoms. The van der Waals surface area contributed by atoms with E-state index >= 15 is 0 Å². The molecule has 0 saturated heterocycles. The number of ether oxygens (including phenoxy) is 1. The van der Waals surface area contributed by atoms with Crippen LogP contribution in [0.15, 0.2) is 42.7 Å². The lowest BCUT2D eigenvalue weighted by atomic mass is 10.2. The van der Waals surface area contributed by atoms with Gasteiger partial charge in [-0.05, 0) is 49.0 Å². The van der Waals surface area contributed by atoms with Gasteiger partial charge in [-0.3, -0.25) is 9.67 Å². The Bertz CT molecular complexity index is 1140. The van der Waals surface area contributed by atoms with Crippen LogP contribution in [-0.2, 0) is 0 Å². The van der Waals surface area contributed by atoms with E-state index in [0.717, 1.165) is 22.6 Å². The molecule has 126 valence electrons. The highest BCUT2D eigenvalue weighted by Crippen LogP contribution is 2.26. The van der Waals surface area contributed by atoms with Crippen LogP contribution < -0.4 is 4.74 Å². The molecular formula is C17H14ClN5OS. The molecule has 0 amide bonds. The van der Waals surface area contributed by atoms with Crippen molar-refractivity contribution in [2.75, 3.05) is 7.11 Å². The number of pyridine rings is 1. The molecule has 0 atom stereocenters. The number of nitrogens with one attached hydrogen (secondary N) is 1. The molecule has 4 rings (SSSR count). The molecule has 0 aliphatic heterocycles. The van der Waals surface area contributed by atoms with E-state index in [1.165, 1.54) is 0 Å². The average molecular weight is 372 g/mol. The number of aryl methyl sites for hydroxylation is 1. The standard InChI is InChI=1S/C17H14ClN5OS/c1-10-7-12(24-2)3-4-14(10)23-16(20-21-17(23)25)13-9-22-6-5-11(18)8-15(22)19-13/h3-9H,1-2H3,(H,21,25). The SMILES string of the molecule is COc1ccc(-n2c(-c3cn4ccc(Cl)cc4n3)n[nH]c2=S)c(C)c1. The minimum Gasteiger partial charge on any atom is -0.497 e. The molecule has 1 aromatic carbocycles. The van der Waals surface area contributed by atoms with Crippen LogP contribution in [0.2, 0.25) is 5.02 Å². The molecule has 3 aromatic heterocycles. The van der Waals surface area contributed by atoms with E-state index < -0.39 is 0 Å². The van der Waals surface area contributed by atoms with E-state index in [1.54, 1.807) is 13.2 Å². The number of aromatic amines is 1. The summed E-state index contributed by atoms with van der Waals surface area (Å²) in [5.41, 5.74) is 3.38. The molecule has 6 nitrogen and oxygen atoms in total. The van der Waals surface area contributed by atoms with Crippen molar-refractivity contribution in [1.82, 2.24) is 24.1 Å². The highest BCUT2D eigenvalue weighted by Gasteiger charge is 2.16. The number of aromatic nitrogens is 5. The summed E-state index contributed by atoms with van der Waals surface area (Å²) in [5, 5.41) is 7.86. The van der Waals surface area contributed by atoms with E-state index in [1.807, 2.05) is 52.6 Å². The Hall–Kier alpha value is -2.64. The maximum atomic E-state index is 6.05. The largest absolute Gasteiger partial charge is 0.497 e. The molecule has 0 unspecified atom stereocenters. The van der Waals surface area contributed by atoms with E-state index in [-0.39, 0.29) is 0 Å². The van der Waals surface area contributed by atoms with Gasteiger partial charge in [-0.15, -0.1) is 0 Å². The average Bonchev–Trinajstić information content (AvgIpc) is 3.17. The van der Waals surface area contributed by atoms with Crippen molar-refractivity contribution in [3.63, 3.8) is 0 Å². The fourth-order valence-electron chi connectivity index (χ4n) is 2.76. The predicted molar refractivity (Wildman–Crippen MR) is 99.2 cm³/mol. The van der Waals surface area contributed by atoms with Crippen LogP contribution in [0.3, 0.4) is 0 Å². The number of nitrogens with zero attached hydrogens (tertiary/aromatic N) is 4. The van der Waals surface area contributed by atoms with Crippen molar-refractivity contribution in [2.45, 2.75) is 6.92 Å². The number of methoxy groups -OCH3 is 1. The first-order chi connectivity index (χ1) is 12.1. The summed E-state index contributed by atoms with van der Waals surface area (Å²) in [6, 6.07) is 9.41. The number of rotatable bonds is 3. The van der Waals surface area contributed by atoms with Gasteiger partial charge in [0.05, 0.1) is 12.8 Å². The number of hydrogen-bond donors (Lipinski definition) is 1. The molecule has 3 heterocycles. The highest BCUT2D eigenvalue weighted by molar-refractivity contribution is 7.71. The first-order valence-electron chi connectivity index (χ1n) is 7.54. The Morgan fingerprint density at radius 1 is 1.24 bits per heavy atom. The van der Waals surface area contributed by atoms with Crippen molar-refractivity contribution in [3.8, 4) is 23.0 Å². The Morgan fingerprint density at radius 2 is 2.08 bits per heavy atom. The monoisotopic (exact) mass is 371 g/mol. The van der Waals surface area contributed by atoms with Gasteiger partial charge in [0.25, 0.3) is 0 Å². The van der Waals surface area contributed by atoms with Crippen molar-refractivity contribution >= 4 is 29.5 Å². The lowest BCUT2D eigenvalue weighted by molar-refractivity contribution is 0.414. The molecule has 0 radical (unpaired) electrons. The van der Waals surface area contributed by atoms with E-state index in [9.17, 15) is 0 Å². The molecule has 0 saturated carbocycles. The van der Waals surface area contributed by atoms with Crippen LogP contribution in [-0.4, -0.2) is 31.3 Å². The van der Waals surface area contributed by atoms with Crippen LogP contribution in [0.25, 0.3) is 22.9 Å². The third-order valence-electron chi connectivity index (χ3n) is 3.97. The number of halogens is 1. The predicted octanol–water partition coefficient (Wildman–Crippen LogP) is 4.22. The van der Waals surface area contributed by atoms with Gasteiger partial charge in [0, 0.05) is 23.5 Å². The smallest absolute Gasteiger partial charge is 0.200 e. The summed E-state index contributed by atoms with van der Waals surface area (Å²) in [5.74, 6) is 1.43. The zero-order valence-electron chi connectivity index (χ0n) is 13.5. The third kappa shape index (κ3) is 2.71. The summed E-state index contributed by atoms with van der Waals surface area (Å²) in [6.45, 7) is 2.00. The lowest BCUT2D eigenvalue weighted by Gasteiger charge is -2.10. The van der Waals surface area contributed by atoms with E-state index in [0.29, 0.717) is 21.3 Å². The molecule has 25 heavy (non-hydrogen) atoms. The van der Waals surface area contributed by atoms with Gasteiger partial charge >= 0.3 is 0 Å². The van der Waals surface area contributed by atoms with E-state index in [4.69, 9.17) is 28.6 Å². The topological polar surface area (TPSA) is 60.1 Å². The minimum absolute atomic E-state index is 0.498.